The van der Waals surface area contributed by atoms with Gasteiger partial charge < -0.3 is 19.4 Å². The summed E-state index contributed by atoms with van der Waals surface area (Å²) in [6, 6.07) is 75.6. The Kier molecular flexibility index (Phi) is 8.04. The van der Waals surface area contributed by atoms with Crippen LogP contribution in [-0.4, -0.2) is 0 Å². The van der Waals surface area contributed by atoms with Gasteiger partial charge in [0.25, 0.3) is 0 Å². The average molecular weight is 750 g/mol. The minimum Gasteiger partial charge on any atom is -0.453 e. The predicted molar refractivity (Wildman–Crippen MR) is 238 cm³/mol. The maximum absolute atomic E-state index is 6.56. The van der Waals surface area contributed by atoms with Crippen LogP contribution in [0.5, 0.6) is 11.5 Å². The number of hydrogen-bond acceptors (Lipinski definition) is 5. The third-order valence-electron chi connectivity index (χ3n) is 10.8. The molecule has 0 atom stereocenters. The van der Waals surface area contributed by atoms with Crippen molar-refractivity contribution in [2.24, 2.45) is 0 Å². The van der Waals surface area contributed by atoms with Crippen molar-refractivity contribution < 1.29 is 4.74 Å². The summed E-state index contributed by atoms with van der Waals surface area (Å²) in [5.74, 6) is 1.67. The summed E-state index contributed by atoms with van der Waals surface area (Å²) in [7, 11) is 0. The van der Waals surface area contributed by atoms with Gasteiger partial charge in [-0.2, -0.15) is 0 Å². The van der Waals surface area contributed by atoms with Crippen molar-refractivity contribution >= 4 is 73.7 Å². The van der Waals surface area contributed by atoms with Crippen LogP contribution in [0.4, 0.5) is 51.2 Å². The van der Waals surface area contributed by atoms with E-state index >= 15 is 0 Å². The molecule has 0 saturated heterocycles. The molecule has 0 radical (unpaired) electrons. The van der Waals surface area contributed by atoms with Crippen LogP contribution >= 0.6 is 11.8 Å². The van der Waals surface area contributed by atoms with Crippen LogP contribution in [0.1, 0.15) is 0 Å². The van der Waals surface area contributed by atoms with Gasteiger partial charge in [-0.05, 0) is 114 Å². The Morgan fingerprint density at radius 1 is 0.386 bits per heavy atom. The minimum atomic E-state index is 0.828. The number of rotatable bonds is 6. The highest BCUT2D eigenvalue weighted by Gasteiger charge is 2.28. The molecule has 0 unspecified atom stereocenters. The van der Waals surface area contributed by atoms with Crippen molar-refractivity contribution in [3.8, 4) is 22.6 Å². The highest BCUT2D eigenvalue weighted by molar-refractivity contribution is 7.99. The average Bonchev–Trinajstić information content (AvgIpc) is 3.28. The normalized spacial score (nSPS) is 12.6. The molecule has 4 nitrogen and oxygen atoms in total. The Balaban J connectivity index is 1.00. The van der Waals surface area contributed by atoms with Crippen LogP contribution in [0.25, 0.3) is 21.9 Å². The minimum absolute atomic E-state index is 0.828. The lowest BCUT2D eigenvalue weighted by molar-refractivity contribution is 0.477. The van der Waals surface area contributed by atoms with Crippen LogP contribution in [0.3, 0.4) is 0 Å². The zero-order chi connectivity index (χ0) is 37.7. The first kappa shape index (κ1) is 33.2. The molecule has 0 N–H and O–H groups in total. The quantitative estimate of drug-likeness (QED) is 0.168. The molecule has 9 aromatic rings. The van der Waals surface area contributed by atoms with Gasteiger partial charge in [-0.1, -0.05) is 127 Å². The first-order chi connectivity index (χ1) is 28.3. The molecule has 2 aliphatic rings. The van der Waals surface area contributed by atoms with E-state index in [9.17, 15) is 0 Å². The molecule has 0 bridgehead atoms. The Hall–Kier alpha value is -7.21. The Bertz CT molecular complexity index is 2930. The molecule has 2 aliphatic heterocycles. The maximum atomic E-state index is 6.56. The van der Waals surface area contributed by atoms with E-state index in [0.717, 1.165) is 62.4 Å². The predicted octanol–water partition coefficient (Wildman–Crippen LogP) is 15.5. The van der Waals surface area contributed by atoms with E-state index in [1.54, 1.807) is 0 Å². The first-order valence-corrected chi connectivity index (χ1v) is 20.0. The summed E-state index contributed by atoms with van der Waals surface area (Å²) in [5, 5.41) is 2.40. The fourth-order valence-corrected chi connectivity index (χ4v) is 9.26. The van der Waals surface area contributed by atoms with Gasteiger partial charge in [0.15, 0.2) is 11.5 Å². The molecule has 2 heterocycles. The Morgan fingerprint density at radius 3 is 1.77 bits per heavy atom. The number of benzene rings is 9. The molecular formula is C52H35N3OS. The van der Waals surface area contributed by atoms with E-state index in [1.807, 2.05) is 30.0 Å². The van der Waals surface area contributed by atoms with Gasteiger partial charge in [0.05, 0.1) is 28.4 Å². The molecule has 57 heavy (non-hydrogen) atoms. The molecule has 0 aliphatic carbocycles. The Morgan fingerprint density at radius 2 is 0.965 bits per heavy atom. The lowest BCUT2D eigenvalue weighted by atomic mass is 10.0. The number of ether oxygens (including phenoxy) is 1. The van der Waals surface area contributed by atoms with E-state index in [2.05, 4.69) is 209 Å². The van der Waals surface area contributed by atoms with Crippen LogP contribution in [-0.2, 0) is 0 Å². The van der Waals surface area contributed by atoms with Gasteiger partial charge in [-0.25, -0.2) is 0 Å². The van der Waals surface area contributed by atoms with Crippen molar-refractivity contribution in [3.05, 3.63) is 212 Å². The van der Waals surface area contributed by atoms with Gasteiger partial charge in [-0.3, -0.25) is 0 Å². The number of para-hydroxylation sites is 5. The van der Waals surface area contributed by atoms with Crippen LogP contribution in [0.2, 0.25) is 0 Å². The smallest absolute Gasteiger partial charge is 0.152 e. The standard InChI is InChI=1S/C52H35N3OS/c1-3-16-39(17-4-1)54-45-21-9-11-24-49(45)56-50-34-38(28-32-46(50)54)36-26-29-41(30-27-36)53(44-23-13-15-37-14-7-8-20-43(37)44)42-31-33-48-52(35-42)57-51-25-12-10-22-47(51)55(48)40-18-5-2-6-19-40/h1-35H. The van der Waals surface area contributed by atoms with Gasteiger partial charge in [-0.15, -0.1) is 0 Å². The second-order valence-corrected chi connectivity index (χ2v) is 15.3. The summed E-state index contributed by atoms with van der Waals surface area (Å²) in [6.07, 6.45) is 0. The van der Waals surface area contributed by atoms with E-state index in [0.29, 0.717) is 0 Å². The van der Waals surface area contributed by atoms with Crippen molar-refractivity contribution in [2.75, 3.05) is 14.7 Å². The lowest BCUT2D eigenvalue weighted by Crippen LogP contribution is -2.16. The molecule has 5 heteroatoms. The van der Waals surface area contributed by atoms with Crippen LogP contribution in [0.15, 0.2) is 222 Å². The van der Waals surface area contributed by atoms with E-state index in [1.165, 1.54) is 31.9 Å². The molecular weight excluding hydrogens is 715 g/mol. The van der Waals surface area contributed by atoms with E-state index in [4.69, 9.17) is 4.74 Å². The third kappa shape index (κ3) is 5.79. The monoisotopic (exact) mass is 749 g/mol. The summed E-state index contributed by atoms with van der Waals surface area (Å²) < 4.78 is 6.56. The van der Waals surface area contributed by atoms with E-state index in [-0.39, 0.29) is 0 Å². The number of anilines is 9. The second-order valence-electron chi connectivity index (χ2n) is 14.2. The topological polar surface area (TPSA) is 19.0 Å². The molecule has 0 fully saturated rings. The third-order valence-corrected chi connectivity index (χ3v) is 11.9. The molecule has 11 rings (SSSR count). The molecule has 0 aromatic heterocycles. The second kappa shape index (κ2) is 13.8. The molecule has 0 amide bonds. The highest BCUT2D eigenvalue weighted by Crippen LogP contribution is 2.54. The maximum Gasteiger partial charge on any atom is 0.152 e. The summed E-state index contributed by atoms with van der Waals surface area (Å²) in [4.78, 5) is 9.48. The molecule has 0 saturated carbocycles. The highest BCUT2D eigenvalue weighted by atomic mass is 32.2. The fourth-order valence-electron chi connectivity index (χ4n) is 8.17. The molecule has 9 aromatic carbocycles. The van der Waals surface area contributed by atoms with Crippen LogP contribution in [0, 0.1) is 0 Å². The van der Waals surface area contributed by atoms with Crippen molar-refractivity contribution in [2.45, 2.75) is 9.79 Å². The molecule has 0 spiro atoms. The van der Waals surface area contributed by atoms with Gasteiger partial charge in [0.2, 0.25) is 0 Å². The number of fused-ring (bicyclic) bond motifs is 5. The summed E-state index contributed by atoms with van der Waals surface area (Å²) in [6.45, 7) is 0. The fraction of sp³-hybridized carbons (Fsp3) is 0. The van der Waals surface area contributed by atoms with Crippen molar-refractivity contribution in [3.63, 3.8) is 0 Å². The molecule has 270 valence electrons. The SMILES string of the molecule is c1ccc(N2c3ccccc3Oc3cc(-c4ccc(N(c5ccc6c(c5)Sc5ccccc5N6c5ccccc5)c5cccc6ccccc56)cc4)ccc32)cc1. The number of hydrogen-bond donors (Lipinski definition) is 0. The number of nitrogens with zero attached hydrogens (tertiary/aromatic N) is 3. The first-order valence-electron chi connectivity index (χ1n) is 19.2. The van der Waals surface area contributed by atoms with Gasteiger partial charge >= 0.3 is 0 Å². The zero-order valence-corrected chi connectivity index (χ0v) is 31.7. The zero-order valence-electron chi connectivity index (χ0n) is 30.9. The van der Waals surface area contributed by atoms with Gasteiger partial charge in [0, 0.05) is 37.9 Å². The van der Waals surface area contributed by atoms with Crippen LogP contribution < -0.4 is 19.4 Å². The van der Waals surface area contributed by atoms with Gasteiger partial charge in [0.1, 0.15) is 0 Å². The largest absolute Gasteiger partial charge is 0.453 e. The summed E-state index contributed by atoms with van der Waals surface area (Å²) in [5.41, 5.74) is 12.2. The lowest BCUT2D eigenvalue weighted by Gasteiger charge is -2.34. The summed E-state index contributed by atoms with van der Waals surface area (Å²) >= 11 is 1.83. The van der Waals surface area contributed by atoms with Crippen molar-refractivity contribution in [1.29, 1.82) is 0 Å². The van der Waals surface area contributed by atoms with E-state index < -0.39 is 0 Å². The van der Waals surface area contributed by atoms with Crippen molar-refractivity contribution in [1.82, 2.24) is 0 Å². The Labute approximate surface area is 336 Å².